The number of nitrogens with zero attached hydrogens (tertiary/aromatic N) is 4. The van der Waals surface area contributed by atoms with E-state index >= 15 is 0 Å². The molecule has 0 spiro atoms. The van der Waals surface area contributed by atoms with Crippen molar-refractivity contribution in [1.29, 1.82) is 0 Å². The SMILES string of the molecule is CN1CCC[C@H]1C1=NC=C(c2ccc(C#CC#Cc3cnc([C@@H]4CCCN4C)[nH]3)cc2)C1. The maximum atomic E-state index is 4.72. The zero-order valence-electron chi connectivity index (χ0n) is 18.9. The Morgan fingerprint density at radius 1 is 0.938 bits per heavy atom. The van der Waals surface area contributed by atoms with Crippen LogP contribution in [0, 0.1) is 23.7 Å². The van der Waals surface area contributed by atoms with E-state index in [1.165, 1.54) is 42.7 Å². The second-order valence-electron chi connectivity index (χ2n) is 8.99. The minimum Gasteiger partial charge on any atom is -0.334 e. The number of hydrogen-bond acceptors (Lipinski definition) is 4. The molecule has 2 aromatic rings. The number of benzene rings is 1. The fourth-order valence-electron chi connectivity index (χ4n) is 4.95. The highest BCUT2D eigenvalue weighted by atomic mass is 15.2. The van der Waals surface area contributed by atoms with Gasteiger partial charge in [0.25, 0.3) is 0 Å². The Bertz CT molecular complexity index is 1160. The van der Waals surface area contributed by atoms with Crippen LogP contribution in [-0.4, -0.2) is 58.7 Å². The highest BCUT2D eigenvalue weighted by Crippen LogP contribution is 2.29. The van der Waals surface area contributed by atoms with E-state index in [1.54, 1.807) is 6.20 Å². The summed E-state index contributed by atoms with van der Waals surface area (Å²) in [6.45, 7) is 2.30. The van der Waals surface area contributed by atoms with Crippen LogP contribution in [0.2, 0.25) is 0 Å². The third-order valence-corrected chi connectivity index (χ3v) is 6.82. The molecule has 0 amide bonds. The number of imidazole rings is 1. The normalized spacial score (nSPS) is 23.3. The molecule has 162 valence electrons. The van der Waals surface area contributed by atoms with E-state index in [-0.39, 0.29) is 0 Å². The summed E-state index contributed by atoms with van der Waals surface area (Å²) in [4.78, 5) is 17.3. The van der Waals surface area contributed by atoms with E-state index in [0.717, 1.165) is 36.5 Å². The average molecular weight is 424 g/mol. The Morgan fingerprint density at radius 2 is 1.66 bits per heavy atom. The lowest BCUT2D eigenvalue weighted by molar-refractivity contribution is 0.307. The smallest absolute Gasteiger partial charge is 0.124 e. The number of aromatic nitrogens is 2. The number of allylic oxidation sites excluding steroid dienone is 1. The number of aliphatic imine (C=N–C) groups is 1. The number of hydrogen-bond donors (Lipinski definition) is 1. The molecule has 0 aliphatic carbocycles. The summed E-state index contributed by atoms with van der Waals surface area (Å²) in [6, 6.07) is 9.30. The van der Waals surface area contributed by atoms with Gasteiger partial charge in [0, 0.05) is 29.9 Å². The van der Waals surface area contributed by atoms with Crippen molar-refractivity contribution >= 4 is 11.3 Å². The molecule has 3 aliphatic heterocycles. The molecule has 5 heteroatoms. The minimum atomic E-state index is 0.380. The van der Waals surface area contributed by atoms with Crippen molar-refractivity contribution < 1.29 is 0 Å². The Hall–Kier alpha value is -3.12. The zero-order valence-corrected chi connectivity index (χ0v) is 18.9. The molecular formula is C27H29N5. The van der Waals surface area contributed by atoms with E-state index in [9.17, 15) is 0 Å². The zero-order chi connectivity index (χ0) is 21.9. The van der Waals surface area contributed by atoms with Crippen LogP contribution in [0.1, 0.15) is 60.8 Å². The molecule has 32 heavy (non-hydrogen) atoms. The van der Waals surface area contributed by atoms with Crippen molar-refractivity contribution in [3.8, 4) is 23.7 Å². The Labute approximate surface area is 190 Å². The lowest BCUT2D eigenvalue weighted by Crippen LogP contribution is -2.32. The van der Waals surface area contributed by atoms with Gasteiger partial charge in [-0.05, 0) is 93.9 Å². The van der Waals surface area contributed by atoms with E-state index < -0.39 is 0 Å². The summed E-state index contributed by atoms with van der Waals surface area (Å²) in [5.74, 6) is 13.1. The third-order valence-electron chi connectivity index (χ3n) is 6.82. The van der Waals surface area contributed by atoms with Crippen molar-refractivity contribution in [3.63, 3.8) is 0 Å². The van der Waals surface area contributed by atoms with Gasteiger partial charge in [-0.3, -0.25) is 14.8 Å². The third kappa shape index (κ3) is 4.41. The average Bonchev–Trinajstić information content (AvgIpc) is 3.59. The number of H-pyrrole nitrogens is 1. The lowest BCUT2D eigenvalue weighted by Gasteiger charge is -2.19. The van der Waals surface area contributed by atoms with Gasteiger partial charge < -0.3 is 4.98 Å². The van der Waals surface area contributed by atoms with Crippen LogP contribution in [0.25, 0.3) is 5.57 Å². The van der Waals surface area contributed by atoms with Gasteiger partial charge in [-0.1, -0.05) is 18.1 Å². The van der Waals surface area contributed by atoms with Gasteiger partial charge in [-0.25, -0.2) is 4.98 Å². The van der Waals surface area contributed by atoms with E-state index in [2.05, 4.69) is 81.8 Å². The summed E-state index contributed by atoms with van der Waals surface area (Å²) >= 11 is 0. The molecule has 2 fully saturated rings. The first-order chi connectivity index (χ1) is 15.7. The van der Waals surface area contributed by atoms with Gasteiger partial charge in [0.05, 0.1) is 12.2 Å². The summed E-state index contributed by atoms with van der Waals surface area (Å²) in [7, 11) is 4.35. The number of aromatic amines is 1. The Balaban J connectivity index is 1.18. The molecule has 0 bridgehead atoms. The number of rotatable bonds is 3. The van der Waals surface area contributed by atoms with Gasteiger partial charge in [0.1, 0.15) is 11.5 Å². The minimum absolute atomic E-state index is 0.380. The first-order valence-electron chi connectivity index (χ1n) is 11.5. The molecule has 1 N–H and O–H groups in total. The number of nitrogens with one attached hydrogen (secondary N) is 1. The monoisotopic (exact) mass is 423 g/mol. The van der Waals surface area contributed by atoms with Gasteiger partial charge in [-0.2, -0.15) is 0 Å². The molecule has 5 nitrogen and oxygen atoms in total. The van der Waals surface area contributed by atoms with Crippen molar-refractivity contribution in [3.05, 3.63) is 59.3 Å². The molecule has 1 aromatic heterocycles. The van der Waals surface area contributed by atoms with Gasteiger partial charge in [0.2, 0.25) is 0 Å². The van der Waals surface area contributed by atoms with Crippen LogP contribution >= 0.6 is 0 Å². The summed E-state index contributed by atoms with van der Waals surface area (Å²) in [5.41, 5.74) is 5.61. The second kappa shape index (κ2) is 9.17. The lowest BCUT2D eigenvalue weighted by atomic mass is 9.98. The molecule has 2 saturated heterocycles. The molecule has 0 radical (unpaired) electrons. The molecule has 3 aliphatic rings. The van der Waals surface area contributed by atoms with Crippen LogP contribution in [0.5, 0.6) is 0 Å². The fourth-order valence-corrected chi connectivity index (χ4v) is 4.95. The number of likely N-dealkylation sites (tertiary alicyclic amines) is 2. The van der Waals surface area contributed by atoms with Gasteiger partial charge in [-0.15, -0.1) is 0 Å². The predicted octanol–water partition coefficient (Wildman–Crippen LogP) is 3.86. The van der Waals surface area contributed by atoms with Gasteiger partial charge >= 0.3 is 0 Å². The van der Waals surface area contributed by atoms with Crippen molar-refractivity contribution in [2.45, 2.75) is 44.2 Å². The van der Waals surface area contributed by atoms with Crippen LogP contribution in [0.15, 0.2) is 41.7 Å². The fraction of sp³-hybridized carbons (Fsp3) is 0.407. The predicted molar refractivity (Wildman–Crippen MR) is 129 cm³/mol. The standard InChI is InChI=1S/C27H29N5/c1-31-15-5-9-25(31)24-17-22(18-28-24)21-13-11-20(12-14-21)7-3-4-8-23-19-29-27(30-23)26-10-6-16-32(26)2/h11-14,18-19,25-26H,5-6,9-10,15-17H2,1-2H3,(H,29,30)/t25-,26-/m0/s1. The van der Waals surface area contributed by atoms with Crippen LogP contribution < -0.4 is 0 Å². The maximum Gasteiger partial charge on any atom is 0.124 e. The summed E-state index contributed by atoms with van der Waals surface area (Å²) in [5, 5.41) is 0. The Morgan fingerprint density at radius 3 is 2.38 bits per heavy atom. The topological polar surface area (TPSA) is 47.5 Å². The van der Waals surface area contributed by atoms with E-state index in [4.69, 9.17) is 4.99 Å². The van der Waals surface area contributed by atoms with E-state index in [0.29, 0.717) is 12.1 Å². The molecule has 4 heterocycles. The largest absolute Gasteiger partial charge is 0.334 e. The quantitative estimate of drug-likeness (QED) is 0.763. The van der Waals surface area contributed by atoms with Crippen molar-refractivity contribution in [1.82, 2.24) is 19.8 Å². The molecular weight excluding hydrogens is 394 g/mol. The molecule has 2 atom stereocenters. The van der Waals surface area contributed by atoms with Crippen molar-refractivity contribution in [2.24, 2.45) is 4.99 Å². The second-order valence-corrected chi connectivity index (χ2v) is 8.99. The maximum absolute atomic E-state index is 4.72. The first kappa shape index (κ1) is 20.8. The highest BCUT2D eigenvalue weighted by molar-refractivity contribution is 6.01. The molecule has 0 saturated carbocycles. The van der Waals surface area contributed by atoms with E-state index in [1.807, 2.05) is 6.20 Å². The van der Waals surface area contributed by atoms with Crippen molar-refractivity contribution in [2.75, 3.05) is 27.2 Å². The summed E-state index contributed by atoms with van der Waals surface area (Å²) < 4.78 is 0. The molecule has 5 rings (SSSR count). The van der Waals surface area contributed by atoms with Crippen LogP contribution in [0.3, 0.4) is 0 Å². The van der Waals surface area contributed by atoms with Crippen LogP contribution in [-0.2, 0) is 0 Å². The first-order valence-corrected chi connectivity index (χ1v) is 11.5. The highest BCUT2D eigenvalue weighted by Gasteiger charge is 2.28. The van der Waals surface area contributed by atoms with Gasteiger partial charge in [0.15, 0.2) is 0 Å². The van der Waals surface area contributed by atoms with Crippen LogP contribution in [0.4, 0.5) is 0 Å². The Kier molecular flexibility index (Phi) is 5.95. The summed E-state index contributed by atoms with van der Waals surface area (Å²) in [6.07, 6.45) is 9.66. The molecule has 0 unspecified atom stereocenters. The molecule has 1 aromatic carbocycles.